The predicted octanol–water partition coefficient (Wildman–Crippen LogP) is 3.26. The predicted molar refractivity (Wildman–Crippen MR) is 109 cm³/mol. The molecule has 0 radical (unpaired) electrons. The first kappa shape index (κ1) is 19.9. The Morgan fingerprint density at radius 2 is 1.89 bits per heavy atom. The summed E-state index contributed by atoms with van der Waals surface area (Å²) in [5.74, 6) is 0.956. The summed E-state index contributed by atoms with van der Waals surface area (Å²) in [5, 5.41) is 0. The number of rotatable bonds is 7. The van der Waals surface area contributed by atoms with E-state index in [1.165, 1.54) is 83.8 Å². The Kier molecular flexibility index (Phi) is 7.02. The molecule has 1 saturated carbocycles. The van der Waals surface area contributed by atoms with Crippen LogP contribution in [-0.4, -0.2) is 77.4 Å². The number of aromatic nitrogens is 1. The summed E-state index contributed by atoms with van der Waals surface area (Å²) in [4.78, 5) is 24.3. The fourth-order valence-corrected chi connectivity index (χ4v) is 5.36. The molecule has 0 spiro atoms. The van der Waals surface area contributed by atoms with E-state index in [1.54, 1.807) is 6.20 Å². The van der Waals surface area contributed by atoms with Gasteiger partial charge in [0.2, 0.25) is 5.76 Å². The normalized spacial score (nSPS) is 25.2. The summed E-state index contributed by atoms with van der Waals surface area (Å²) in [6, 6.07) is 0.787. The van der Waals surface area contributed by atoms with Gasteiger partial charge in [-0.3, -0.25) is 4.79 Å². The summed E-state index contributed by atoms with van der Waals surface area (Å²) in [7, 11) is 0. The summed E-state index contributed by atoms with van der Waals surface area (Å²) >= 11 is 0. The molecule has 156 valence electrons. The van der Waals surface area contributed by atoms with Gasteiger partial charge in [-0.05, 0) is 64.1 Å². The molecule has 1 aromatic rings. The average Bonchev–Trinajstić information content (AvgIpc) is 3.46. The number of carbonyl (C=O) groups is 1. The van der Waals surface area contributed by atoms with Crippen molar-refractivity contribution in [2.75, 3.05) is 45.8 Å². The molecule has 6 nitrogen and oxygen atoms in total. The van der Waals surface area contributed by atoms with Crippen LogP contribution in [0.15, 0.2) is 17.0 Å². The van der Waals surface area contributed by atoms with Crippen LogP contribution in [0.5, 0.6) is 0 Å². The van der Waals surface area contributed by atoms with Crippen LogP contribution in [0.25, 0.3) is 0 Å². The van der Waals surface area contributed by atoms with E-state index in [2.05, 4.69) is 14.8 Å². The quantitative estimate of drug-likeness (QED) is 0.718. The zero-order chi connectivity index (χ0) is 19.2. The van der Waals surface area contributed by atoms with E-state index in [-0.39, 0.29) is 5.91 Å². The van der Waals surface area contributed by atoms with Crippen molar-refractivity contribution in [3.05, 3.63) is 18.4 Å². The minimum atomic E-state index is 0.00694. The second-order valence-corrected chi connectivity index (χ2v) is 8.96. The van der Waals surface area contributed by atoms with Gasteiger partial charge in [0, 0.05) is 32.2 Å². The highest BCUT2D eigenvalue weighted by Crippen LogP contribution is 2.28. The SMILES string of the molecule is O=C(c1cnco1)N(CCN1CCCCC1)C[C@H]1CCCN(C2CCCC2)C1. The van der Waals surface area contributed by atoms with Gasteiger partial charge in [0.25, 0.3) is 5.91 Å². The van der Waals surface area contributed by atoms with Crippen molar-refractivity contribution in [3.8, 4) is 0 Å². The molecule has 3 heterocycles. The van der Waals surface area contributed by atoms with E-state index in [0.29, 0.717) is 11.7 Å². The summed E-state index contributed by atoms with van der Waals surface area (Å²) in [6.45, 7) is 7.33. The maximum absolute atomic E-state index is 13.1. The highest BCUT2D eigenvalue weighted by atomic mass is 16.3. The van der Waals surface area contributed by atoms with Crippen LogP contribution in [0.1, 0.15) is 68.3 Å². The van der Waals surface area contributed by atoms with Gasteiger partial charge in [-0.1, -0.05) is 19.3 Å². The van der Waals surface area contributed by atoms with Crippen LogP contribution in [0.2, 0.25) is 0 Å². The van der Waals surface area contributed by atoms with Crippen molar-refractivity contribution in [2.45, 2.75) is 63.8 Å². The molecule has 0 N–H and O–H groups in total. The number of piperidine rings is 2. The molecule has 0 aromatic carbocycles. The minimum Gasteiger partial charge on any atom is -0.438 e. The van der Waals surface area contributed by atoms with Crippen molar-refractivity contribution in [2.24, 2.45) is 5.92 Å². The molecule has 3 fully saturated rings. The standard InChI is InChI=1S/C22H36N4O2/c27-22(21-15-23-18-28-21)26(14-13-24-10-4-1-5-11-24)17-19-7-6-12-25(16-19)20-8-2-3-9-20/h15,18-20H,1-14,16-17H2/t19-/m0/s1. The molecule has 1 amide bonds. The van der Waals surface area contributed by atoms with Gasteiger partial charge in [0.1, 0.15) is 0 Å². The van der Waals surface area contributed by atoms with Crippen molar-refractivity contribution >= 4 is 5.91 Å². The number of hydrogen-bond donors (Lipinski definition) is 0. The summed E-state index contributed by atoms with van der Waals surface area (Å²) in [6.07, 6.45) is 14.8. The first-order valence-electron chi connectivity index (χ1n) is 11.4. The average molecular weight is 389 g/mol. The van der Waals surface area contributed by atoms with Crippen LogP contribution in [0, 0.1) is 5.92 Å². The lowest BCUT2D eigenvalue weighted by molar-refractivity contribution is 0.0582. The lowest BCUT2D eigenvalue weighted by Crippen LogP contribution is -2.47. The van der Waals surface area contributed by atoms with Crippen molar-refractivity contribution in [1.29, 1.82) is 0 Å². The molecule has 1 aromatic heterocycles. The van der Waals surface area contributed by atoms with E-state index < -0.39 is 0 Å². The minimum absolute atomic E-state index is 0.00694. The van der Waals surface area contributed by atoms with E-state index in [9.17, 15) is 4.79 Å². The second kappa shape index (κ2) is 9.88. The maximum atomic E-state index is 13.1. The number of hydrogen-bond acceptors (Lipinski definition) is 5. The third-order valence-corrected chi connectivity index (χ3v) is 6.94. The molecule has 0 bridgehead atoms. The number of oxazole rings is 1. The zero-order valence-corrected chi connectivity index (χ0v) is 17.2. The van der Waals surface area contributed by atoms with Crippen molar-refractivity contribution < 1.29 is 9.21 Å². The Balaban J connectivity index is 1.36. The first-order valence-corrected chi connectivity index (χ1v) is 11.4. The lowest BCUT2D eigenvalue weighted by atomic mass is 9.95. The van der Waals surface area contributed by atoms with Crippen molar-refractivity contribution in [3.63, 3.8) is 0 Å². The molecular formula is C22H36N4O2. The molecule has 2 aliphatic heterocycles. The third-order valence-electron chi connectivity index (χ3n) is 6.94. The third kappa shape index (κ3) is 5.15. The molecular weight excluding hydrogens is 352 g/mol. The van der Waals surface area contributed by atoms with Crippen molar-refractivity contribution in [1.82, 2.24) is 19.7 Å². The Labute approximate surface area is 169 Å². The molecule has 2 saturated heterocycles. The van der Waals surface area contributed by atoms with Crippen LogP contribution in [-0.2, 0) is 0 Å². The van der Waals surface area contributed by atoms with E-state index in [0.717, 1.165) is 32.2 Å². The Morgan fingerprint density at radius 3 is 2.64 bits per heavy atom. The monoisotopic (exact) mass is 388 g/mol. The van der Waals surface area contributed by atoms with Gasteiger partial charge < -0.3 is 19.1 Å². The molecule has 6 heteroatoms. The van der Waals surface area contributed by atoms with E-state index in [1.807, 2.05) is 4.90 Å². The molecule has 28 heavy (non-hydrogen) atoms. The summed E-state index contributed by atoms with van der Waals surface area (Å²) < 4.78 is 5.33. The van der Waals surface area contributed by atoms with Crippen LogP contribution in [0.4, 0.5) is 0 Å². The number of likely N-dealkylation sites (tertiary alicyclic amines) is 2. The molecule has 0 unspecified atom stereocenters. The first-order chi connectivity index (χ1) is 13.8. The van der Waals surface area contributed by atoms with Gasteiger partial charge in [-0.15, -0.1) is 0 Å². The molecule has 4 rings (SSSR count). The van der Waals surface area contributed by atoms with E-state index >= 15 is 0 Å². The van der Waals surface area contributed by atoms with Crippen LogP contribution in [0.3, 0.4) is 0 Å². The van der Waals surface area contributed by atoms with Gasteiger partial charge in [0.05, 0.1) is 6.20 Å². The second-order valence-electron chi connectivity index (χ2n) is 8.96. The van der Waals surface area contributed by atoms with E-state index in [4.69, 9.17) is 4.42 Å². The Morgan fingerprint density at radius 1 is 1.07 bits per heavy atom. The molecule has 1 atom stereocenters. The van der Waals surface area contributed by atoms with Crippen LogP contribution < -0.4 is 0 Å². The van der Waals surface area contributed by atoms with Gasteiger partial charge in [-0.2, -0.15) is 0 Å². The number of carbonyl (C=O) groups excluding carboxylic acids is 1. The van der Waals surface area contributed by atoms with Gasteiger partial charge in [0.15, 0.2) is 6.39 Å². The highest BCUT2D eigenvalue weighted by Gasteiger charge is 2.30. The lowest BCUT2D eigenvalue weighted by Gasteiger charge is -2.39. The van der Waals surface area contributed by atoms with Gasteiger partial charge in [-0.25, -0.2) is 4.98 Å². The zero-order valence-electron chi connectivity index (χ0n) is 17.2. The molecule has 3 aliphatic rings. The fraction of sp³-hybridized carbons (Fsp3) is 0.818. The molecule has 1 aliphatic carbocycles. The number of nitrogens with zero attached hydrogens (tertiary/aromatic N) is 4. The van der Waals surface area contributed by atoms with Crippen LogP contribution >= 0.6 is 0 Å². The Bertz CT molecular complexity index is 594. The maximum Gasteiger partial charge on any atom is 0.291 e. The fourth-order valence-electron chi connectivity index (χ4n) is 5.36. The smallest absolute Gasteiger partial charge is 0.291 e. The highest BCUT2D eigenvalue weighted by molar-refractivity contribution is 5.91. The number of amides is 1. The van der Waals surface area contributed by atoms with Gasteiger partial charge >= 0.3 is 0 Å². The Hall–Kier alpha value is -1.40. The topological polar surface area (TPSA) is 52.8 Å². The largest absolute Gasteiger partial charge is 0.438 e. The summed E-state index contributed by atoms with van der Waals surface area (Å²) in [5.41, 5.74) is 0.